The molecule has 9 nitrogen and oxygen atoms in total. The fraction of sp³-hybridized carbons (Fsp3) is 0.391. The second-order valence-electron chi connectivity index (χ2n) is 8.39. The average molecular weight is 487 g/mol. The Kier molecular flexibility index (Phi) is 6.92. The van der Waals surface area contributed by atoms with Crippen LogP contribution >= 0.6 is 0 Å². The van der Waals surface area contributed by atoms with E-state index in [1.54, 1.807) is 31.3 Å². The quantitative estimate of drug-likeness (QED) is 0.378. The molecule has 34 heavy (non-hydrogen) atoms. The number of nitrogens with two attached hydrogens (primary N) is 1. The highest BCUT2D eigenvalue weighted by Crippen LogP contribution is 2.42. The zero-order valence-corrected chi connectivity index (χ0v) is 19.7. The number of imidazole rings is 1. The number of nitrogens with one attached hydrogen (secondary N) is 2. The molecule has 2 aromatic heterocycles. The summed E-state index contributed by atoms with van der Waals surface area (Å²) < 4.78 is 42.3. The van der Waals surface area contributed by atoms with Gasteiger partial charge in [0.2, 0.25) is 15.9 Å². The lowest BCUT2D eigenvalue weighted by Gasteiger charge is -2.11. The third-order valence-electron chi connectivity index (χ3n) is 5.46. The Morgan fingerprint density at radius 1 is 1.26 bits per heavy atom. The van der Waals surface area contributed by atoms with Crippen molar-refractivity contribution < 1.29 is 17.6 Å². The number of primary amides is 1. The molecule has 1 aromatic carbocycles. The summed E-state index contributed by atoms with van der Waals surface area (Å²) in [4.78, 5) is 27.8. The molecule has 0 aliphatic heterocycles. The van der Waals surface area contributed by atoms with Gasteiger partial charge in [-0.2, -0.15) is 0 Å². The molecule has 180 valence electrons. The standard InChI is InChI=1S/C23H27FN6O3S/c1-2-13-34(32,33)30-16-6-3-5-15(20(16)24)21-22(29-23(28-21)14-9-10-14)17-11-12-26-19(27-17)8-4-7-18(25)31/h3,5-6,11-12,14,30H,2,4,7-10,13H2,1H3,(H2,25,31)(H,28,29). The first kappa shape index (κ1) is 23.8. The third kappa shape index (κ3) is 5.58. The minimum Gasteiger partial charge on any atom is -0.370 e. The van der Waals surface area contributed by atoms with Gasteiger partial charge in [0.1, 0.15) is 17.3 Å². The van der Waals surface area contributed by atoms with Gasteiger partial charge in [-0.3, -0.25) is 9.52 Å². The van der Waals surface area contributed by atoms with Gasteiger partial charge in [0.25, 0.3) is 0 Å². The second-order valence-corrected chi connectivity index (χ2v) is 10.2. The van der Waals surface area contributed by atoms with Gasteiger partial charge in [-0.05, 0) is 43.9 Å². The molecule has 1 aliphatic rings. The molecule has 2 heterocycles. The van der Waals surface area contributed by atoms with Crippen molar-refractivity contribution in [3.05, 3.63) is 47.9 Å². The number of aromatic nitrogens is 4. The van der Waals surface area contributed by atoms with Crippen molar-refractivity contribution in [2.24, 2.45) is 5.73 Å². The van der Waals surface area contributed by atoms with Crippen molar-refractivity contribution >= 4 is 21.6 Å². The van der Waals surface area contributed by atoms with E-state index < -0.39 is 15.8 Å². The Labute approximate surface area is 197 Å². The number of H-pyrrole nitrogens is 1. The number of halogens is 1. The zero-order valence-electron chi connectivity index (χ0n) is 18.8. The van der Waals surface area contributed by atoms with Crippen LogP contribution in [0.5, 0.6) is 0 Å². The van der Waals surface area contributed by atoms with Crippen molar-refractivity contribution in [3.63, 3.8) is 0 Å². The molecule has 4 N–H and O–H groups in total. The minimum absolute atomic E-state index is 0.102. The van der Waals surface area contributed by atoms with Crippen molar-refractivity contribution in [1.29, 1.82) is 0 Å². The van der Waals surface area contributed by atoms with Gasteiger partial charge in [-0.15, -0.1) is 0 Å². The van der Waals surface area contributed by atoms with Crippen molar-refractivity contribution in [1.82, 2.24) is 19.9 Å². The van der Waals surface area contributed by atoms with Crippen LogP contribution in [0.2, 0.25) is 0 Å². The summed E-state index contributed by atoms with van der Waals surface area (Å²) in [5, 5.41) is 0. The Morgan fingerprint density at radius 2 is 2.06 bits per heavy atom. The van der Waals surface area contributed by atoms with Gasteiger partial charge in [-0.1, -0.05) is 13.0 Å². The van der Waals surface area contributed by atoms with Gasteiger partial charge < -0.3 is 10.7 Å². The van der Waals surface area contributed by atoms with E-state index in [1.807, 2.05) is 0 Å². The van der Waals surface area contributed by atoms with Crippen molar-refractivity contribution in [3.8, 4) is 22.6 Å². The molecular weight excluding hydrogens is 459 g/mol. The lowest BCUT2D eigenvalue weighted by Crippen LogP contribution is -2.17. The second kappa shape index (κ2) is 9.88. The predicted molar refractivity (Wildman–Crippen MR) is 127 cm³/mol. The average Bonchev–Trinajstić information content (AvgIpc) is 3.54. The van der Waals surface area contributed by atoms with Crippen molar-refractivity contribution in [2.75, 3.05) is 10.5 Å². The SMILES string of the molecule is CCCS(=O)(=O)Nc1cccc(-c2nc(C3CC3)[nH]c2-c2ccnc(CCCC(N)=O)n2)c1F. The van der Waals surface area contributed by atoms with Gasteiger partial charge in [-0.25, -0.2) is 27.8 Å². The first-order valence-electron chi connectivity index (χ1n) is 11.3. The normalized spacial score (nSPS) is 13.7. The van der Waals surface area contributed by atoms with Gasteiger partial charge in [0.05, 0.1) is 22.8 Å². The maximum atomic E-state index is 15.5. The number of carbonyl (C=O) groups is 1. The van der Waals surface area contributed by atoms with Crippen molar-refractivity contribution in [2.45, 2.75) is 51.4 Å². The largest absolute Gasteiger partial charge is 0.370 e. The lowest BCUT2D eigenvalue weighted by atomic mass is 10.1. The molecule has 1 fully saturated rings. The first-order valence-corrected chi connectivity index (χ1v) is 12.9. The summed E-state index contributed by atoms with van der Waals surface area (Å²) in [6.45, 7) is 1.74. The van der Waals surface area contributed by atoms with E-state index in [9.17, 15) is 13.2 Å². The van der Waals surface area contributed by atoms with E-state index in [1.165, 1.54) is 6.07 Å². The predicted octanol–water partition coefficient (Wildman–Crippen LogP) is 3.51. The summed E-state index contributed by atoms with van der Waals surface area (Å²) in [5.74, 6) is 0.372. The Balaban J connectivity index is 1.72. The number of sulfonamides is 1. The molecule has 0 atom stereocenters. The van der Waals surface area contributed by atoms with E-state index in [0.717, 1.165) is 18.7 Å². The summed E-state index contributed by atoms with van der Waals surface area (Å²) in [6.07, 6.45) is 5.24. The van der Waals surface area contributed by atoms with Crippen LogP contribution in [0, 0.1) is 5.82 Å². The number of hydrogen-bond acceptors (Lipinski definition) is 6. The first-order chi connectivity index (χ1) is 16.3. The maximum Gasteiger partial charge on any atom is 0.232 e. The molecule has 3 aromatic rings. The third-order valence-corrected chi connectivity index (χ3v) is 6.94. The Bertz CT molecular complexity index is 1300. The van der Waals surface area contributed by atoms with E-state index >= 15 is 4.39 Å². The molecular formula is C23H27FN6O3S. The van der Waals surface area contributed by atoms with Crippen LogP contribution in [0.3, 0.4) is 0 Å². The van der Waals surface area contributed by atoms with Crippen LogP contribution in [0.4, 0.5) is 10.1 Å². The lowest BCUT2D eigenvalue weighted by molar-refractivity contribution is -0.118. The summed E-state index contributed by atoms with van der Waals surface area (Å²) in [6, 6.07) is 6.25. The highest BCUT2D eigenvalue weighted by molar-refractivity contribution is 7.92. The summed E-state index contributed by atoms with van der Waals surface area (Å²) in [7, 11) is -3.66. The molecule has 4 rings (SSSR count). The van der Waals surface area contributed by atoms with Crippen LogP contribution in [0.25, 0.3) is 22.6 Å². The Hall–Kier alpha value is -3.34. The van der Waals surface area contributed by atoms with E-state index in [-0.39, 0.29) is 35.2 Å². The molecule has 0 spiro atoms. The molecule has 0 radical (unpaired) electrons. The molecule has 11 heteroatoms. The molecule has 0 saturated heterocycles. The van der Waals surface area contributed by atoms with E-state index in [0.29, 0.717) is 42.2 Å². The fourth-order valence-electron chi connectivity index (χ4n) is 3.68. The summed E-state index contributed by atoms with van der Waals surface area (Å²) >= 11 is 0. The van der Waals surface area contributed by atoms with Gasteiger partial charge in [0, 0.05) is 30.5 Å². The van der Waals surface area contributed by atoms with Crippen LogP contribution < -0.4 is 10.5 Å². The van der Waals surface area contributed by atoms with Crippen LogP contribution in [0.1, 0.15) is 56.6 Å². The minimum atomic E-state index is -3.66. The number of nitrogens with zero attached hydrogens (tertiary/aromatic N) is 3. The Morgan fingerprint density at radius 3 is 2.76 bits per heavy atom. The molecule has 1 amide bonds. The van der Waals surface area contributed by atoms with E-state index in [2.05, 4.69) is 24.7 Å². The number of aryl methyl sites for hydroxylation is 1. The van der Waals surface area contributed by atoms with Gasteiger partial charge >= 0.3 is 0 Å². The number of carbonyl (C=O) groups excluding carboxylic acids is 1. The van der Waals surface area contributed by atoms with Gasteiger partial charge in [0.15, 0.2) is 5.82 Å². The molecule has 1 saturated carbocycles. The number of rotatable bonds is 11. The topological polar surface area (TPSA) is 144 Å². The fourth-order valence-corrected chi connectivity index (χ4v) is 4.81. The maximum absolute atomic E-state index is 15.5. The number of anilines is 1. The highest BCUT2D eigenvalue weighted by atomic mass is 32.2. The molecule has 0 unspecified atom stereocenters. The number of aromatic amines is 1. The zero-order chi connectivity index (χ0) is 24.3. The smallest absolute Gasteiger partial charge is 0.232 e. The van der Waals surface area contributed by atoms with Crippen LogP contribution in [-0.4, -0.2) is 40.0 Å². The molecule has 0 bridgehead atoms. The number of benzene rings is 1. The monoisotopic (exact) mass is 486 g/mol. The molecule has 1 aliphatic carbocycles. The number of hydrogen-bond donors (Lipinski definition) is 3. The van der Waals surface area contributed by atoms with Crippen LogP contribution in [-0.2, 0) is 21.2 Å². The summed E-state index contributed by atoms with van der Waals surface area (Å²) in [5.41, 5.74) is 6.69. The number of amides is 1. The van der Waals surface area contributed by atoms with Crippen LogP contribution in [0.15, 0.2) is 30.5 Å². The van der Waals surface area contributed by atoms with E-state index in [4.69, 9.17) is 5.73 Å². The highest BCUT2D eigenvalue weighted by Gasteiger charge is 2.30.